The van der Waals surface area contributed by atoms with E-state index in [-0.39, 0.29) is 0 Å². The number of rotatable bonds is 5. The number of para-hydroxylation sites is 6. The van der Waals surface area contributed by atoms with Gasteiger partial charge in [0.05, 0.1) is 27.9 Å². The summed E-state index contributed by atoms with van der Waals surface area (Å²) in [5.74, 6) is 3.52. The monoisotopic (exact) mass is 905 g/mol. The molecule has 0 aromatic heterocycles. The van der Waals surface area contributed by atoms with Crippen LogP contribution in [0.15, 0.2) is 261 Å². The van der Waals surface area contributed by atoms with Crippen LogP contribution in [-0.4, -0.2) is 0 Å². The summed E-state index contributed by atoms with van der Waals surface area (Å²) < 4.78 is 13.5. The Morgan fingerprint density at radius 3 is 1.10 bits per heavy atom. The van der Waals surface area contributed by atoms with Crippen molar-refractivity contribution in [3.8, 4) is 67.5 Å². The second kappa shape index (κ2) is 15.2. The Balaban J connectivity index is 1.04. The van der Waals surface area contributed by atoms with Gasteiger partial charge in [0, 0.05) is 38.9 Å². The van der Waals surface area contributed by atoms with E-state index in [1.165, 1.54) is 50.1 Å². The van der Waals surface area contributed by atoms with Crippen LogP contribution in [0.4, 0.5) is 17.1 Å². The molecule has 15 rings (SSSR count). The number of benzene rings is 11. The van der Waals surface area contributed by atoms with Crippen molar-refractivity contribution in [1.29, 1.82) is 0 Å². The molecule has 71 heavy (non-hydrogen) atoms. The van der Waals surface area contributed by atoms with E-state index in [0.29, 0.717) is 0 Å². The molecule has 11 aromatic rings. The Bertz CT molecular complexity index is 3890. The first-order valence-corrected chi connectivity index (χ1v) is 24.5. The van der Waals surface area contributed by atoms with Crippen LogP contribution in [0.2, 0.25) is 0 Å². The van der Waals surface area contributed by atoms with Gasteiger partial charge in [-0.25, -0.2) is 0 Å². The van der Waals surface area contributed by atoms with Crippen molar-refractivity contribution in [2.75, 3.05) is 4.90 Å². The van der Waals surface area contributed by atoms with Crippen molar-refractivity contribution in [2.45, 2.75) is 10.8 Å². The smallest absolute Gasteiger partial charge is 0.132 e. The molecule has 4 aliphatic rings. The van der Waals surface area contributed by atoms with Crippen LogP contribution in [0.3, 0.4) is 0 Å². The molecule has 0 amide bonds. The Morgan fingerprint density at radius 2 is 0.563 bits per heavy atom. The second-order valence-electron chi connectivity index (χ2n) is 18.9. The van der Waals surface area contributed by atoms with Gasteiger partial charge in [-0.1, -0.05) is 218 Å². The van der Waals surface area contributed by atoms with E-state index in [9.17, 15) is 0 Å². The number of nitrogens with zero attached hydrogens (tertiary/aromatic N) is 1. The summed E-state index contributed by atoms with van der Waals surface area (Å²) in [6.45, 7) is 0. The average molecular weight is 906 g/mol. The van der Waals surface area contributed by atoms with Crippen LogP contribution < -0.4 is 14.4 Å². The van der Waals surface area contributed by atoms with E-state index in [0.717, 1.165) is 79.0 Å². The summed E-state index contributed by atoms with van der Waals surface area (Å²) in [6, 6.07) is 95.2. The molecule has 11 aromatic carbocycles. The molecule has 0 N–H and O–H groups in total. The molecule has 0 bridgehead atoms. The first kappa shape index (κ1) is 39.8. The molecule has 0 fully saturated rings. The molecule has 2 aliphatic carbocycles. The summed E-state index contributed by atoms with van der Waals surface area (Å²) >= 11 is 0. The van der Waals surface area contributed by atoms with Gasteiger partial charge in [-0.05, 0) is 92.5 Å². The molecular formula is C68H43NO2. The lowest BCUT2D eigenvalue weighted by Crippen LogP contribution is -2.32. The minimum Gasteiger partial charge on any atom is -0.457 e. The molecular weight excluding hydrogens is 863 g/mol. The van der Waals surface area contributed by atoms with Crippen molar-refractivity contribution in [2.24, 2.45) is 0 Å². The highest BCUT2D eigenvalue weighted by atomic mass is 16.5. The van der Waals surface area contributed by atoms with Crippen LogP contribution >= 0.6 is 0 Å². The number of anilines is 3. The van der Waals surface area contributed by atoms with Crippen LogP contribution in [0.5, 0.6) is 23.0 Å². The normalized spacial score (nSPS) is 14.1. The van der Waals surface area contributed by atoms with Crippen molar-refractivity contribution in [3.63, 3.8) is 0 Å². The van der Waals surface area contributed by atoms with Crippen LogP contribution in [0, 0.1) is 0 Å². The minimum atomic E-state index is -0.633. The van der Waals surface area contributed by atoms with Gasteiger partial charge in [0.1, 0.15) is 23.0 Å². The van der Waals surface area contributed by atoms with Gasteiger partial charge in [0.15, 0.2) is 0 Å². The fraction of sp³-hybridized carbons (Fsp3) is 0.0294. The van der Waals surface area contributed by atoms with Crippen molar-refractivity contribution in [1.82, 2.24) is 0 Å². The molecule has 332 valence electrons. The zero-order chi connectivity index (χ0) is 46.7. The van der Waals surface area contributed by atoms with Gasteiger partial charge < -0.3 is 14.4 Å². The molecule has 0 radical (unpaired) electrons. The number of hydrogen-bond donors (Lipinski definition) is 0. The molecule has 2 heterocycles. The summed E-state index contributed by atoms with van der Waals surface area (Å²) in [4.78, 5) is 2.55. The number of hydrogen-bond acceptors (Lipinski definition) is 3. The van der Waals surface area contributed by atoms with E-state index in [1.807, 2.05) is 0 Å². The van der Waals surface area contributed by atoms with Crippen molar-refractivity contribution < 1.29 is 9.47 Å². The SMILES string of the molecule is c1ccc(-c2ccccc2N(c2ccccc2-c2cccc3c2-c2ccccc2C32c3ccccc3Oc3ccccc32)c2cccc3c2-c2ccccc2C32c3ccccc3Oc3ccccc32)cc1. The third-order valence-corrected chi connectivity index (χ3v) is 15.6. The zero-order valence-corrected chi connectivity index (χ0v) is 38.6. The topological polar surface area (TPSA) is 21.7 Å². The minimum absolute atomic E-state index is 0.601. The molecule has 2 spiro atoms. The van der Waals surface area contributed by atoms with Gasteiger partial charge in [-0.2, -0.15) is 0 Å². The molecule has 0 unspecified atom stereocenters. The molecule has 3 nitrogen and oxygen atoms in total. The van der Waals surface area contributed by atoms with E-state index < -0.39 is 10.8 Å². The Labute approximate surface area is 413 Å². The van der Waals surface area contributed by atoms with Crippen LogP contribution in [0.25, 0.3) is 44.5 Å². The highest BCUT2D eigenvalue weighted by Crippen LogP contribution is 2.66. The van der Waals surface area contributed by atoms with Gasteiger partial charge in [-0.15, -0.1) is 0 Å². The molecule has 0 saturated heterocycles. The van der Waals surface area contributed by atoms with Gasteiger partial charge >= 0.3 is 0 Å². The van der Waals surface area contributed by atoms with E-state index >= 15 is 0 Å². The average Bonchev–Trinajstić information content (AvgIpc) is 3.92. The highest BCUT2D eigenvalue weighted by molar-refractivity contribution is 6.05. The number of fused-ring (bicyclic) bond motifs is 18. The van der Waals surface area contributed by atoms with Crippen molar-refractivity contribution >= 4 is 17.1 Å². The molecule has 0 saturated carbocycles. The van der Waals surface area contributed by atoms with E-state index in [1.54, 1.807) is 0 Å². The van der Waals surface area contributed by atoms with Gasteiger partial charge in [0.25, 0.3) is 0 Å². The summed E-state index contributed by atoms with van der Waals surface area (Å²) in [7, 11) is 0. The molecule has 3 heteroatoms. The third kappa shape index (κ3) is 5.32. The van der Waals surface area contributed by atoms with E-state index in [2.05, 4.69) is 266 Å². The largest absolute Gasteiger partial charge is 0.457 e. The van der Waals surface area contributed by atoms with Crippen LogP contribution in [-0.2, 0) is 10.8 Å². The fourth-order valence-corrected chi connectivity index (χ4v) is 13.0. The Morgan fingerprint density at radius 1 is 0.225 bits per heavy atom. The maximum Gasteiger partial charge on any atom is 0.132 e. The van der Waals surface area contributed by atoms with E-state index in [4.69, 9.17) is 9.47 Å². The lowest BCUT2D eigenvalue weighted by Gasteiger charge is -2.39. The molecule has 0 atom stereocenters. The molecule has 2 aliphatic heterocycles. The predicted octanol–water partition coefficient (Wildman–Crippen LogP) is 17.4. The highest BCUT2D eigenvalue weighted by Gasteiger charge is 2.53. The zero-order valence-electron chi connectivity index (χ0n) is 38.6. The van der Waals surface area contributed by atoms with Crippen LogP contribution in [0.1, 0.15) is 44.5 Å². The Hall–Kier alpha value is -9.18. The van der Waals surface area contributed by atoms with Gasteiger partial charge in [0.2, 0.25) is 0 Å². The first-order valence-electron chi connectivity index (χ1n) is 24.5. The first-order chi connectivity index (χ1) is 35.3. The third-order valence-electron chi connectivity index (χ3n) is 15.6. The maximum atomic E-state index is 6.76. The van der Waals surface area contributed by atoms with Gasteiger partial charge in [-0.3, -0.25) is 0 Å². The lowest BCUT2D eigenvalue weighted by molar-refractivity contribution is 0.436. The predicted molar refractivity (Wildman–Crippen MR) is 287 cm³/mol. The fourth-order valence-electron chi connectivity index (χ4n) is 13.0. The maximum absolute atomic E-state index is 6.76. The Kier molecular flexibility index (Phi) is 8.49. The lowest BCUT2D eigenvalue weighted by atomic mass is 9.66. The summed E-state index contributed by atoms with van der Waals surface area (Å²) in [5, 5.41) is 0. The quantitative estimate of drug-likeness (QED) is 0.172. The number of ether oxygens (including phenoxy) is 2. The van der Waals surface area contributed by atoms with Crippen molar-refractivity contribution in [3.05, 3.63) is 305 Å². The summed E-state index contributed by atoms with van der Waals surface area (Å²) in [6.07, 6.45) is 0. The standard InChI is InChI=1S/C68H43NO2/c1-2-22-44(23-3-1)45-24-6-14-37-58(45)69(60-39-21-36-57-66(60)49-27-5-9-30-51(49)68(57)54-33-12-18-42-63(54)71-64-43-19-13-34-55(64)68)59-38-15-7-25-46(59)47-28-20-35-56-65(47)48-26-4-8-29-50(48)67(56)52-31-10-16-40-61(52)70-62-41-17-11-32-53(62)67/h1-43H. The second-order valence-corrected chi connectivity index (χ2v) is 18.9. The summed E-state index contributed by atoms with van der Waals surface area (Å²) in [5.41, 5.74) is 21.0.